The van der Waals surface area contributed by atoms with Crippen molar-refractivity contribution in [3.63, 3.8) is 0 Å². The van der Waals surface area contributed by atoms with Crippen molar-refractivity contribution in [2.75, 3.05) is 24.6 Å². The molecule has 0 saturated carbocycles. The second-order valence-electron chi connectivity index (χ2n) is 4.78. The van der Waals surface area contributed by atoms with E-state index in [1.165, 1.54) is 18.4 Å². The van der Waals surface area contributed by atoms with Gasteiger partial charge in [-0.15, -0.1) is 0 Å². The number of aryl methyl sites for hydroxylation is 1. The van der Waals surface area contributed by atoms with E-state index in [2.05, 4.69) is 31.9 Å². The van der Waals surface area contributed by atoms with E-state index in [9.17, 15) is 0 Å². The van der Waals surface area contributed by atoms with Gasteiger partial charge in [0.15, 0.2) is 0 Å². The van der Waals surface area contributed by atoms with Gasteiger partial charge in [0.05, 0.1) is 4.47 Å². The molecule has 1 atom stereocenters. The van der Waals surface area contributed by atoms with Crippen molar-refractivity contribution in [3.8, 4) is 0 Å². The zero-order valence-electron chi connectivity index (χ0n) is 10.2. The summed E-state index contributed by atoms with van der Waals surface area (Å²) in [6, 6.07) is 2.11. The maximum Gasteiger partial charge on any atom is 0.142 e. The quantitative estimate of drug-likeness (QED) is 0.932. The van der Waals surface area contributed by atoms with Gasteiger partial charge in [0, 0.05) is 25.9 Å². The van der Waals surface area contributed by atoms with Crippen LogP contribution < -0.4 is 4.90 Å². The predicted octanol–water partition coefficient (Wildman–Crippen LogP) is 2.75. The van der Waals surface area contributed by atoms with Crippen LogP contribution in [0.5, 0.6) is 0 Å². The number of hydrogen-bond donors (Lipinski definition) is 1. The molecular formula is C13H19BrN2O. The van der Waals surface area contributed by atoms with E-state index in [0.29, 0.717) is 12.5 Å². The number of piperidine rings is 1. The van der Waals surface area contributed by atoms with Crippen molar-refractivity contribution in [2.45, 2.75) is 26.2 Å². The number of nitrogens with zero attached hydrogens (tertiary/aromatic N) is 2. The lowest BCUT2D eigenvalue weighted by Gasteiger charge is -2.34. The molecule has 2 heterocycles. The van der Waals surface area contributed by atoms with E-state index < -0.39 is 0 Å². The molecule has 0 aromatic carbocycles. The zero-order valence-corrected chi connectivity index (χ0v) is 11.8. The summed E-state index contributed by atoms with van der Waals surface area (Å²) in [5.41, 5.74) is 1.17. The van der Waals surface area contributed by atoms with Gasteiger partial charge < -0.3 is 10.0 Å². The van der Waals surface area contributed by atoms with Gasteiger partial charge in [-0.3, -0.25) is 0 Å². The van der Waals surface area contributed by atoms with Gasteiger partial charge >= 0.3 is 0 Å². The number of halogens is 1. The Morgan fingerprint density at radius 3 is 3.12 bits per heavy atom. The molecule has 0 bridgehead atoms. The summed E-state index contributed by atoms with van der Waals surface area (Å²) >= 11 is 3.59. The molecular weight excluding hydrogens is 280 g/mol. The minimum Gasteiger partial charge on any atom is -0.396 e. The van der Waals surface area contributed by atoms with E-state index in [1.54, 1.807) is 0 Å². The molecule has 1 saturated heterocycles. The summed E-state index contributed by atoms with van der Waals surface area (Å²) in [5, 5.41) is 9.02. The van der Waals surface area contributed by atoms with E-state index in [1.807, 2.05) is 13.1 Å². The van der Waals surface area contributed by atoms with Crippen molar-refractivity contribution < 1.29 is 5.11 Å². The van der Waals surface area contributed by atoms with Gasteiger partial charge in [-0.25, -0.2) is 4.98 Å². The number of pyridine rings is 1. The summed E-state index contributed by atoms with van der Waals surface area (Å²) in [5.74, 6) is 1.64. The predicted molar refractivity (Wildman–Crippen MR) is 73.3 cm³/mol. The van der Waals surface area contributed by atoms with Crippen molar-refractivity contribution in [1.29, 1.82) is 0 Å². The average molecular weight is 299 g/mol. The topological polar surface area (TPSA) is 36.4 Å². The SMILES string of the molecule is Cc1cnc(N2CCCC(CCO)C2)c(Br)c1. The van der Waals surface area contributed by atoms with E-state index in [0.717, 1.165) is 29.8 Å². The van der Waals surface area contributed by atoms with Gasteiger partial charge in [-0.1, -0.05) is 0 Å². The monoisotopic (exact) mass is 298 g/mol. The summed E-state index contributed by atoms with van der Waals surface area (Å²) in [6.07, 6.45) is 5.23. The molecule has 4 heteroatoms. The van der Waals surface area contributed by atoms with Crippen molar-refractivity contribution in [2.24, 2.45) is 5.92 Å². The molecule has 1 unspecified atom stereocenters. The van der Waals surface area contributed by atoms with Crippen LogP contribution in [0.2, 0.25) is 0 Å². The maximum absolute atomic E-state index is 9.02. The summed E-state index contributed by atoms with van der Waals surface area (Å²) in [7, 11) is 0. The van der Waals surface area contributed by atoms with Gasteiger partial charge in [0.25, 0.3) is 0 Å². The third kappa shape index (κ3) is 3.19. The smallest absolute Gasteiger partial charge is 0.142 e. The number of anilines is 1. The lowest BCUT2D eigenvalue weighted by atomic mass is 9.95. The zero-order chi connectivity index (χ0) is 12.3. The molecule has 0 radical (unpaired) electrons. The Morgan fingerprint density at radius 2 is 2.41 bits per heavy atom. The number of hydrogen-bond acceptors (Lipinski definition) is 3. The largest absolute Gasteiger partial charge is 0.396 e. The van der Waals surface area contributed by atoms with Crippen molar-refractivity contribution >= 4 is 21.7 Å². The minimum absolute atomic E-state index is 0.293. The van der Waals surface area contributed by atoms with Crippen LogP contribution in [0.4, 0.5) is 5.82 Å². The van der Waals surface area contributed by atoms with E-state index in [4.69, 9.17) is 5.11 Å². The Kier molecular flexibility index (Phi) is 4.40. The molecule has 0 amide bonds. The number of aromatic nitrogens is 1. The van der Waals surface area contributed by atoms with Crippen LogP contribution in [0.15, 0.2) is 16.7 Å². The third-order valence-electron chi connectivity index (χ3n) is 3.31. The second kappa shape index (κ2) is 5.83. The fraction of sp³-hybridized carbons (Fsp3) is 0.615. The van der Waals surface area contributed by atoms with Gasteiger partial charge in [-0.2, -0.15) is 0 Å². The Hall–Kier alpha value is -0.610. The highest BCUT2D eigenvalue weighted by Crippen LogP contribution is 2.29. The van der Waals surface area contributed by atoms with Crippen LogP contribution in [-0.4, -0.2) is 29.8 Å². The molecule has 1 fully saturated rings. The molecule has 94 valence electrons. The molecule has 0 aliphatic carbocycles. The molecule has 2 rings (SSSR count). The van der Waals surface area contributed by atoms with Crippen LogP contribution in [-0.2, 0) is 0 Å². The molecule has 1 aliphatic rings. The number of rotatable bonds is 3. The Labute approximate surface area is 111 Å². The number of aliphatic hydroxyl groups excluding tert-OH is 1. The first-order chi connectivity index (χ1) is 8.20. The second-order valence-corrected chi connectivity index (χ2v) is 5.64. The highest BCUT2D eigenvalue weighted by atomic mass is 79.9. The lowest BCUT2D eigenvalue weighted by Crippen LogP contribution is -2.36. The first kappa shape index (κ1) is 12.8. The highest BCUT2D eigenvalue weighted by Gasteiger charge is 2.21. The first-order valence-corrected chi connectivity index (χ1v) is 6.98. The molecule has 0 spiro atoms. The first-order valence-electron chi connectivity index (χ1n) is 6.18. The standard InChI is InChI=1S/C13H19BrN2O/c1-10-7-12(14)13(15-8-10)16-5-2-3-11(9-16)4-6-17/h7-8,11,17H,2-6,9H2,1H3. The lowest BCUT2D eigenvalue weighted by molar-refractivity contribution is 0.244. The van der Waals surface area contributed by atoms with Crippen LogP contribution in [0.1, 0.15) is 24.8 Å². The van der Waals surface area contributed by atoms with Crippen LogP contribution in [0.25, 0.3) is 0 Å². The van der Waals surface area contributed by atoms with Crippen molar-refractivity contribution in [3.05, 3.63) is 22.3 Å². The van der Waals surface area contributed by atoms with E-state index >= 15 is 0 Å². The van der Waals surface area contributed by atoms with Crippen LogP contribution in [0.3, 0.4) is 0 Å². The highest BCUT2D eigenvalue weighted by molar-refractivity contribution is 9.10. The fourth-order valence-electron chi connectivity index (χ4n) is 2.43. The Bertz CT molecular complexity index is 382. The van der Waals surface area contributed by atoms with Gasteiger partial charge in [-0.05, 0) is 59.7 Å². The van der Waals surface area contributed by atoms with Crippen LogP contribution in [0, 0.1) is 12.8 Å². The van der Waals surface area contributed by atoms with Crippen molar-refractivity contribution in [1.82, 2.24) is 4.98 Å². The normalized spacial score (nSPS) is 20.6. The Balaban J connectivity index is 2.10. The molecule has 1 aromatic heterocycles. The maximum atomic E-state index is 9.02. The third-order valence-corrected chi connectivity index (χ3v) is 3.90. The number of aliphatic hydroxyl groups is 1. The fourth-order valence-corrected chi connectivity index (χ4v) is 3.15. The summed E-state index contributed by atoms with van der Waals surface area (Å²) in [6.45, 7) is 4.42. The molecule has 17 heavy (non-hydrogen) atoms. The Morgan fingerprint density at radius 1 is 1.59 bits per heavy atom. The van der Waals surface area contributed by atoms with Gasteiger partial charge in [0.1, 0.15) is 5.82 Å². The molecule has 3 nitrogen and oxygen atoms in total. The summed E-state index contributed by atoms with van der Waals surface area (Å²) in [4.78, 5) is 6.84. The average Bonchev–Trinajstić information content (AvgIpc) is 2.29. The minimum atomic E-state index is 0.293. The molecule has 1 N–H and O–H groups in total. The van der Waals surface area contributed by atoms with Gasteiger partial charge in [0.2, 0.25) is 0 Å². The molecule has 1 aliphatic heterocycles. The van der Waals surface area contributed by atoms with E-state index in [-0.39, 0.29) is 0 Å². The molecule has 1 aromatic rings. The summed E-state index contributed by atoms with van der Waals surface area (Å²) < 4.78 is 1.07. The van der Waals surface area contributed by atoms with Crippen LogP contribution >= 0.6 is 15.9 Å².